The lowest BCUT2D eigenvalue weighted by Crippen LogP contribution is -2.11. The molecule has 1 heterocycles. The second-order valence-electron chi connectivity index (χ2n) is 3.05. The number of nitrogen functional groups attached to an aromatic ring is 1. The fourth-order valence-corrected chi connectivity index (χ4v) is 1.17. The summed E-state index contributed by atoms with van der Waals surface area (Å²) in [6.45, 7) is 1.90. The summed E-state index contributed by atoms with van der Waals surface area (Å²) in [6, 6.07) is 3.78. The van der Waals surface area contributed by atoms with Crippen LogP contribution in [0, 0.1) is 0 Å². The highest BCUT2D eigenvalue weighted by Crippen LogP contribution is 2.10. The molecule has 5 heteroatoms. The predicted octanol–water partition coefficient (Wildman–Crippen LogP) is 0.920. The molecule has 1 rings (SSSR count). The number of nitrogens with two attached hydrogens (primary N) is 1. The first-order valence-electron chi connectivity index (χ1n) is 4.85. The van der Waals surface area contributed by atoms with E-state index in [2.05, 4.69) is 10.4 Å². The van der Waals surface area contributed by atoms with Crippen LogP contribution in [0.1, 0.15) is 12.0 Å². The topological polar surface area (TPSA) is 69.4 Å². The van der Waals surface area contributed by atoms with Crippen LogP contribution in [0.4, 0.5) is 5.82 Å². The van der Waals surface area contributed by atoms with Crippen molar-refractivity contribution in [2.24, 2.45) is 5.84 Å². The summed E-state index contributed by atoms with van der Waals surface area (Å²) in [6.07, 6.45) is 2.58. The number of ether oxygens (including phenoxy) is 2. The quantitative estimate of drug-likeness (QED) is 0.399. The minimum absolute atomic E-state index is 0.511. The van der Waals surface area contributed by atoms with E-state index in [1.807, 2.05) is 12.1 Å². The molecule has 0 fully saturated rings. The van der Waals surface area contributed by atoms with Crippen LogP contribution < -0.4 is 11.3 Å². The summed E-state index contributed by atoms with van der Waals surface area (Å²) >= 11 is 0. The Labute approximate surface area is 89.6 Å². The lowest BCUT2D eigenvalue weighted by Gasteiger charge is -2.07. The first kappa shape index (κ1) is 11.9. The molecule has 0 radical (unpaired) electrons. The number of methoxy groups -OCH3 is 1. The number of aromatic nitrogens is 1. The third kappa shape index (κ3) is 4.24. The smallest absolute Gasteiger partial charge is 0.145 e. The van der Waals surface area contributed by atoms with Gasteiger partial charge in [-0.05, 0) is 12.5 Å². The van der Waals surface area contributed by atoms with Gasteiger partial charge in [0.15, 0.2) is 0 Å². The van der Waals surface area contributed by atoms with E-state index < -0.39 is 0 Å². The Kier molecular flexibility index (Phi) is 5.69. The Morgan fingerprint density at radius 2 is 2.33 bits per heavy atom. The summed E-state index contributed by atoms with van der Waals surface area (Å²) in [5.74, 6) is 5.97. The van der Waals surface area contributed by atoms with Gasteiger partial charge in [0.05, 0.1) is 6.61 Å². The van der Waals surface area contributed by atoms with Crippen molar-refractivity contribution in [2.75, 3.05) is 25.7 Å². The third-order valence-electron chi connectivity index (χ3n) is 1.92. The first-order valence-corrected chi connectivity index (χ1v) is 4.85. The SMILES string of the molecule is COCCCOCc1cccnc1NN. The fourth-order valence-electron chi connectivity index (χ4n) is 1.17. The largest absolute Gasteiger partial charge is 0.385 e. The minimum Gasteiger partial charge on any atom is -0.385 e. The van der Waals surface area contributed by atoms with E-state index in [1.54, 1.807) is 13.3 Å². The molecule has 0 aliphatic rings. The molecule has 0 bridgehead atoms. The third-order valence-corrected chi connectivity index (χ3v) is 1.92. The van der Waals surface area contributed by atoms with E-state index in [4.69, 9.17) is 15.3 Å². The standard InChI is InChI=1S/C10H17N3O2/c1-14-6-3-7-15-8-9-4-2-5-12-10(9)13-11/h2,4-5H,3,6-8,11H2,1H3,(H,12,13). The average molecular weight is 211 g/mol. The van der Waals surface area contributed by atoms with E-state index in [9.17, 15) is 0 Å². The highest BCUT2D eigenvalue weighted by atomic mass is 16.5. The highest BCUT2D eigenvalue weighted by Gasteiger charge is 2.00. The Morgan fingerprint density at radius 1 is 1.47 bits per heavy atom. The maximum Gasteiger partial charge on any atom is 0.145 e. The number of nitrogens with zero attached hydrogens (tertiary/aromatic N) is 1. The molecule has 0 amide bonds. The number of hydrogen-bond donors (Lipinski definition) is 2. The van der Waals surface area contributed by atoms with Crippen molar-refractivity contribution in [2.45, 2.75) is 13.0 Å². The van der Waals surface area contributed by atoms with Crippen molar-refractivity contribution < 1.29 is 9.47 Å². The van der Waals surface area contributed by atoms with Gasteiger partial charge in [0, 0.05) is 32.1 Å². The molecule has 0 saturated carbocycles. The van der Waals surface area contributed by atoms with Crippen molar-refractivity contribution >= 4 is 5.82 Å². The minimum atomic E-state index is 0.511. The second-order valence-corrected chi connectivity index (χ2v) is 3.05. The fraction of sp³-hybridized carbons (Fsp3) is 0.500. The lowest BCUT2D eigenvalue weighted by molar-refractivity contribution is 0.0930. The van der Waals surface area contributed by atoms with Crippen molar-refractivity contribution in [3.05, 3.63) is 23.9 Å². The zero-order valence-corrected chi connectivity index (χ0v) is 8.90. The molecular weight excluding hydrogens is 194 g/mol. The number of hydrazine groups is 1. The van der Waals surface area contributed by atoms with Gasteiger partial charge in [0.1, 0.15) is 5.82 Å². The molecular formula is C10H17N3O2. The Hall–Kier alpha value is -1.17. The number of pyridine rings is 1. The van der Waals surface area contributed by atoms with E-state index >= 15 is 0 Å². The summed E-state index contributed by atoms with van der Waals surface area (Å²) in [7, 11) is 1.68. The van der Waals surface area contributed by atoms with Crippen LogP contribution in [0.25, 0.3) is 0 Å². The molecule has 1 aromatic heterocycles. The van der Waals surface area contributed by atoms with Crippen molar-refractivity contribution in [1.82, 2.24) is 4.98 Å². The Balaban J connectivity index is 2.30. The summed E-state index contributed by atoms with van der Waals surface area (Å²) in [4.78, 5) is 4.07. The number of rotatable bonds is 7. The van der Waals surface area contributed by atoms with Gasteiger partial charge in [0.25, 0.3) is 0 Å². The molecule has 3 N–H and O–H groups in total. The zero-order chi connectivity index (χ0) is 10.9. The van der Waals surface area contributed by atoms with Crippen molar-refractivity contribution in [3.8, 4) is 0 Å². The van der Waals surface area contributed by atoms with Gasteiger partial charge in [-0.25, -0.2) is 10.8 Å². The van der Waals surface area contributed by atoms with Gasteiger partial charge < -0.3 is 14.9 Å². The lowest BCUT2D eigenvalue weighted by atomic mass is 10.3. The summed E-state index contributed by atoms with van der Waals surface area (Å²) < 4.78 is 10.4. The number of nitrogens with one attached hydrogen (secondary N) is 1. The van der Waals surface area contributed by atoms with Gasteiger partial charge in [-0.1, -0.05) is 6.07 Å². The Morgan fingerprint density at radius 3 is 3.07 bits per heavy atom. The molecule has 0 spiro atoms. The molecule has 0 atom stereocenters. The summed E-state index contributed by atoms with van der Waals surface area (Å²) in [5, 5.41) is 0. The van der Waals surface area contributed by atoms with Crippen molar-refractivity contribution in [3.63, 3.8) is 0 Å². The van der Waals surface area contributed by atoms with Crippen LogP contribution in [0.15, 0.2) is 18.3 Å². The van der Waals surface area contributed by atoms with Crippen LogP contribution in [0.3, 0.4) is 0 Å². The molecule has 15 heavy (non-hydrogen) atoms. The molecule has 5 nitrogen and oxygen atoms in total. The molecule has 0 aliphatic heterocycles. The zero-order valence-electron chi connectivity index (χ0n) is 8.90. The highest BCUT2D eigenvalue weighted by molar-refractivity contribution is 5.41. The average Bonchev–Trinajstić information content (AvgIpc) is 2.29. The van der Waals surface area contributed by atoms with Gasteiger partial charge in [-0.15, -0.1) is 0 Å². The molecule has 1 aromatic rings. The maximum atomic E-state index is 5.45. The molecule has 0 saturated heterocycles. The number of anilines is 1. The second kappa shape index (κ2) is 7.17. The van der Waals surface area contributed by atoms with Gasteiger partial charge in [-0.3, -0.25) is 0 Å². The molecule has 0 aliphatic carbocycles. The first-order chi connectivity index (χ1) is 7.38. The van der Waals surface area contributed by atoms with Gasteiger partial charge in [-0.2, -0.15) is 0 Å². The van der Waals surface area contributed by atoms with Crippen LogP contribution >= 0.6 is 0 Å². The summed E-state index contributed by atoms with van der Waals surface area (Å²) in [5.41, 5.74) is 3.49. The van der Waals surface area contributed by atoms with Crippen molar-refractivity contribution in [1.29, 1.82) is 0 Å². The van der Waals surface area contributed by atoms with Crippen LogP contribution in [-0.4, -0.2) is 25.3 Å². The molecule has 0 unspecified atom stereocenters. The predicted molar refractivity (Wildman–Crippen MR) is 58.2 cm³/mol. The molecule has 0 aromatic carbocycles. The van der Waals surface area contributed by atoms with Crippen LogP contribution in [0.5, 0.6) is 0 Å². The van der Waals surface area contributed by atoms with E-state index in [-0.39, 0.29) is 0 Å². The van der Waals surface area contributed by atoms with Crippen LogP contribution in [0.2, 0.25) is 0 Å². The molecule has 84 valence electrons. The monoisotopic (exact) mass is 211 g/mol. The number of hydrogen-bond acceptors (Lipinski definition) is 5. The van der Waals surface area contributed by atoms with Gasteiger partial charge in [0.2, 0.25) is 0 Å². The van der Waals surface area contributed by atoms with Gasteiger partial charge >= 0.3 is 0 Å². The Bertz CT molecular complexity index is 281. The van der Waals surface area contributed by atoms with E-state index in [1.165, 1.54) is 0 Å². The van der Waals surface area contributed by atoms with Crippen LogP contribution in [-0.2, 0) is 16.1 Å². The normalized spacial score (nSPS) is 10.3. The maximum absolute atomic E-state index is 5.45. The van der Waals surface area contributed by atoms with E-state index in [0.717, 1.165) is 18.6 Å². The van der Waals surface area contributed by atoms with E-state index in [0.29, 0.717) is 19.0 Å².